The molecule has 0 aliphatic carbocycles. The zero-order valence-corrected chi connectivity index (χ0v) is 18.5. The van der Waals surface area contributed by atoms with Crippen LogP contribution in [0.15, 0.2) is 53.4 Å². The summed E-state index contributed by atoms with van der Waals surface area (Å²) in [6.45, 7) is 7.19. The van der Waals surface area contributed by atoms with E-state index in [-0.39, 0.29) is 16.8 Å². The summed E-state index contributed by atoms with van der Waals surface area (Å²) < 4.78 is 27.9. The molecule has 2 aromatic carbocycles. The molecule has 0 bridgehead atoms. The summed E-state index contributed by atoms with van der Waals surface area (Å²) in [5, 5.41) is 3.09. The molecular formula is C23H31N3O3S. The molecule has 0 unspecified atom stereocenters. The van der Waals surface area contributed by atoms with Gasteiger partial charge in [-0.2, -0.15) is 0 Å². The number of aryl methyl sites for hydroxylation is 1. The summed E-state index contributed by atoms with van der Waals surface area (Å²) in [6.07, 6.45) is 4.30. The van der Waals surface area contributed by atoms with Crippen LogP contribution < -0.4 is 10.0 Å². The second kappa shape index (κ2) is 10.1. The first-order valence-corrected chi connectivity index (χ1v) is 12.1. The fraction of sp³-hybridized carbons (Fsp3) is 0.435. The lowest BCUT2D eigenvalue weighted by Gasteiger charge is -2.32. The number of rotatable bonds is 8. The second-order valence-electron chi connectivity index (χ2n) is 7.89. The molecule has 0 radical (unpaired) electrons. The average Bonchev–Trinajstić information content (AvgIpc) is 2.75. The number of nitrogens with zero attached hydrogens (tertiary/aromatic N) is 1. The molecule has 2 N–H and O–H groups in total. The lowest BCUT2D eigenvalue weighted by Crippen LogP contribution is -2.44. The SMILES string of the molecule is CCCCN1CCC(NC(=O)c2ccc(S(=O)(=O)Nc3ccccc3C)cc2)CC1. The van der Waals surface area contributed by atoms with Gasteiger partial charge in [-0.25, -0.2) is 8.42 Å². The van der Waals surface area contributed by atoms with Gasteiger partial charge in [0.15, 0.2) is 0 Å². The van der Waals surface area contributed by atoms with E-state index >= 15 is 0 Å². The Morgan fingerprint density at radius 3 is 2.37 bits per heavy atom. The first-order valence-electron chi connectivity index (χ1n) is 10.6. The van der Waals surface area contributed by atoms with Crippen molar-refractivity contribution >= 4 is 21.6 Å². The van der Waals surface area contributed by atoms with Gasteiger partial charge in [0, 0.05) is 24.7 Å². The van der Waals surface area contributed by atoms with Crippen LogP contribution in [0.25, 0.3) is 0 Å². The molecule has 30 heavy (non-hydrogen) atoms. The van der Waals surface area contributed by atoms with Crippen molar-refractivity contribution < 1.29 is 13.2 Å². The predicted molar refractivity (Wildman–Crippen MR) is 120 cm³/mol. The molecule has 3 rings (SSSR count). The average molecular weight is 430 g/mol. The number of benzene rings is 2. The smallest absolute Gasteiger partial charge is 0.261 e. The van der Waals surface area contributed by atoms with Gasteiger partial charge in [-0.3, -0.25) is 9.52 Å². The summed E-state index contributed by atoms with van der Waals surface area (Å²) in [5.74, 6) is -0.155. The molecule has 162 valence electrons. The Labute approximate surface area is 179 Å². The first kappa shape index (κ1) is 22.3. The van der Waals surface area contributed by atoms with Crippen molar-refractivity contribution in [3.05, 3.63) is 59.7 Å². The number of nitrogens with one attached hydrogen (secondary N) is 2. The highest BCUT2D eigenvalue weighted by Gasteiger charge is 2.21. The highest BCUT2D eigenvalue weighted by molar-refractivity contribution is 7.92. The molecule has 0 saturated carbocycles. The van der Waals surface area contributed by atoms with Crippen LogP contribution in [0.3, 0.4) is 0 Å². The normalized spacial score (nSPS) is 15.7. The molecule has 0 spiro atoms. The Morgan fingerprint density at radius 1 is 1.07 bits per heavy atom. The van der Waals surface area contributed by atoms with E-state index in [2.05, 4.69) is 21.9 Å². The van der Waals surface area contributed by atoms with Crippen molar-refractivity contribution in [2.75, 3.05) is 24.4 Å². The van der Waals surface area contributed by atoms with Crippen molar-refractivity contribution in [3.8, 4) is 0 Å². The molecule has 1 aliphatic rings. The minimum atomic E-state index is -3.71. The molecule has 1 saturated heterocycles. The predicted octanol–water partition coefficient (Wildman–Crippen LogP) is 3.79. The monoisotopic (exact) mass is 429 g/mol. The zero-order chi connectivity index (χ0) is 21.6. The molecular weight excluding hydrogens is 398 g/mol. The molecule has 1 amide bonds. The molecule has 1 heterocycles. The lowest BCUT2D eigenvalue weighted by molar-refractivity contribution is 0.0910. The first-order chi connectivity index (χ1) is 14.4. The number of unbranched alkanes of at least 4 members (excludes halogenated alkanes) is 1. The highest BCUT2D eigenvalue weighted by atomic mass is 32.2. The van der Waals surface area contributed by atoms with Crippen molar-refractivity contribution in [1.82, 2.24) is 10.2 Å². The lowest BCUT2D eigenvalue weighted by atomic mass is 10.0. The Kier molecular flexibility index (Phi) is 7.50. The summed E-state index contributed by atoms with van der Waals surface area (Å²) in [6, 6.07) is 13.5. The minimum Gasteiger partial charge on any atom is -0.349 e. The van der Waals surface area contributed by atoms with Crippen molar-refractivity contribution in [2.24, 2.45) is 0 Å². The minimum absolute atomic E-state index is 0.131. The quantitative estimate of drug-likeness (QED) is 0.669. The van der Waals surface area contributed by atoms with Crippen LogP contribution in [0.1, 0.15) is 48.5 Å². The van der Waals surface area contributed by atoms with Crippen LogP contribution in [0.4, 0.5) is 5.69 Å². The van der Waals surface area contributed by atoms with E-state index in [9.17, 15) is 13.2 Å². The van der Waals surface area contributed by atoms with Crippen molar-refractivity contribution in [3.63, 3.8) is 0 Å². The topological polar surface area (TPSA) is 78.5 Å². The van der Waals surface area contributed by atoms with Crippen LogP contribution in [-0.2, 0) is 10.0 Å². The maximum atomic E-state index is 12.6. The largest absolute Gasteiger partial charge is 0.349 e. The van der Waals surface area contributed by atoms with Crippen LogP contribution in [0, 0.1) is 6.92 Å². The number of carbonyl (C=O) groups is 1. The maximum Gasteiger partial charge on any atom is 0.261 e. The number of piperidine rings is 1. The number of hydrogen-bond acceptors (Lipinski definition) is 4. The standard InChI is InChI=1S/C23H31N3O3S/c1-3-4-15-26-16-13-20(14-17-26)24-23(27)19-9-11-21(12-10-19)30(28,29)25-22-8-6-5-7-18(22)2/h5-12,20,25H,3-4,13-17H2,1-2H3,(H,24,27). The Balaban J connectivity index is 1.57. The fourth-order valence-electron chi connectivity index (χ4n) is 3.63. The third-order valence-corrected chi connectivity index (χ3v) is 6.95. The molecule has 1 fully saturated rings. The summed E-state index contributed by atoms with van der Waals surface area (Å²) in [7, 11) is -3.71. The van der Waals surface area contributed by atoms with Gasteiger partial charge < -0.3 is 10.2 Å². The van der Waals surface area contributed by atoms with Gasteiger partial charge in [-0.15, -0.1) is 0 Å². The number of hydrogen-bond donors (Lipinski definition) is 2. The highest BCUT2D eigenvalue weighted by Crippen LogP contribution is 2.20. The number of carbonyl (C=O) groups excluding carboxylic acids is 1. The van der Waals surface area contributed by atoms with Gasteiger partial charge in [0.2, 0.25) is 0 Å². The van der Waals surface area contributed by atoms with E-state index in [1.807, 2.05) is 19.1 Å². The Bertz CT molecular complexity index is 950. The summed E-state index contributed by atoms with van der Waals surface area (Å²) in [5.41, 5.74) is 1.86. The van der Waals surface area contributed by atoms with Gasteiger partial charge in [0.25, 0.3) is 15.9 Å². The molecule has 2 aromatic rings. The molecule has 6 nitrogen and oxygen atoms in total. The summed E-state index contributed by atoms with van der Waals surface area (Å²) in [4.78, 5) is 15.2. The third-order valence-electron chi connectivity index (χ3n) is 5.57. The van der Waals surface area contributed by atoms with Gasteiger partial charge in [0.1, 0.15) is 0 Å². The summed E-state index contributed by atoms with van der Waals surface area (Å²) >= 11 is 0. The Morgan fingerprint density at radius 2 is 1.73 bits per heavy atom. The maximum absolute atomic E-state index is 12.6. The van der Waals surface area contributed by atoms with Gasteiger partial charge >= 0.3 is 0 Å². The third kappa shape index (κ3) is 5.83. The number of anilines is 1. The molecule has 7 heteroatoms. The Hall–Kier alpha value is -2.38. The van der Waals surface area contributed by atoms with Crippen LogP contribution in [0.2, 0.25) is 0 Å². The van der Waals surface area contributed by atoms with E-state index in [4.69, 9.17) is 0 Å². The van der Waals surface area contributed by atoms with E-state index in [0.717, 1.165) is 38.0 Å². The van der Waals surface area contributed by atoms with Crippen molar-refractivity contribution in [2.45, 2.75) is 50.5 Å². The van der Waals surface area contributed by atoms with E-state index < -0.39 is 10.0 Å². The molecule has 1 aliphatic heterocycles. The van der Waals surface area contributed by atoms with E-state index in [1.54, 1.807) is 24.3 Å². The zero-order valence-electron chi connectivity index (χ0n) is 17.7. The van der Waals surface area contributed by atoms with Gasteiger partial charge in [-0.05, 0) is 68.6 Å². The fourth-order valence-corrected chi connectivity index (χ4v) is 4.76. The second-order valence-corrected chi connectivity index (χ2v) is 9.57. The van der Waals surface area contributed by atoms with Gasteiger partial charge in [0.05, 0.1) is 10.6 Å². The van der Waals surface area contributed by atoms with Crippen molar-refractivity contribution in [1.29, 1.82) is 0 Å². The number of sulfonamides is 1. The van der Waals surface area contributed by atoms with Crippen LogP contribution >= 0.6 is 0 Å². The van der Waals surface area contributed by atoms with E-state index in [1.165, 1.54) is 25.0 Å². The number of likely N-dealkylation sites (tertiary alicyclic amines) is 1. The molecule has 0 atom stereocenters. The number of para-hydroxylation sites is 1. The van der Waals surface area contributed by atoms with Crippen LogP contribution in [0.5, 0.6) is 0 Å². The van der Waals surface area contributed by atoms with Crippen LogP contribution in [-0.4, -0.2) is 44.9 Å². The molecule has 0 aromatic heterocycles. The number of amides is 1. The van der Waals surface area contributed by atoms with E-state index in [0.29, 0.717) is 11.3 Å². The van der Waals surface area contributed by atoms with Gasteiger partial charge in [-0.1, -0.05) is 31.5 Å².